The fourth-order valence-corrected chi connectivity index (χ4v) is 3.29. The second-order valence-electron chi connectivity index (χ2n) is 4.40. The number of sulfone groups is 1. The Bertz CT molecular complexity index is 590. The van der Waals surface area contributed by atoms with Crippen molar-refractivity contribution < 1.29 is 17.9 Å². The molecule has 0 spiro atoms. The summed E-state index contributed by atoms with van der Waals surface area (Å²) < 4.78 is 27.5. The first-order valence-corrected chi connectivity index (χ1v) is 7.55. The summed E-state index contributed by atoms with van der Waals surface area (Å²) in [6.45, 7) is 0. The molecule has 1 aliphatic heterocycles. The summed E-state index contributed by atoms with van der Waals surface area (Å²) in [6, 6.07) is 6.96. The Balaban J connectivity index is 1.89. The fraction of sp³-hybridized carbons (Fsp3) is 0.308. The topological polar surface area (TPSA) is 72.5 Å². The number of hydrogen-bond acceptors (Lipinski definition) is 4. The maximum Gasteiger partial charge on any atom is 0.224 e. The standard InChI is InChI=1S/C13H15NO4S/c1-18-12-4-2-11(3-5-12)14-13(15)8-10-6-7-19(16,17)9-10/h2-7,10H,8-9H2,1H3,(H,14,15)/t10-/m0/s1. The van der Waals surface area contributed by atoms with E-state index in [1.807, 2.05) is 0 Å². The second kappa shape index (κ2) is 5.44. The molecule has 1 aromatic carbocycles. The average Bonchev–Trinajstić information content (AvgIpc) is 2.69. The van der Waals surface area contributed by atoms with Crippen LogP contribution >= 0.6 is 0 Å². The molecule has 2 rings (SSSR count). The SMILES string of the molecule is COc1ccc(NC(=O)C[C@@H]2C=CS(=O)(=O)C2)cc1. The van der Waals surface area contributed by atoms with Crippen LogP contribution in [-0.4, -0.2) is 27.2 Å². The Morgan fingerprint density at radius 3 is 2.58 bits per heavy atom. The molecular weight excluding hydrogens is 266 g/mol. The maximum atomic E-state index is 11.8. The van der Waals surface area contributed by atoms with Gasteiger partial charge in [-0.1, -0.05) is 6.08 Å². The van der Waals surface area contributed by atoms with Crippen molar-refractivity contribution in [1.82, 2.24) is 0 Å². The van der Waals surface area contributed by atoms with E-state index in [4.69, 9.17) is 4.74 Å². The van der Waals surface area contributed by atoms with Gasteiger partial charge in [-0.05, 0) is 24.3 Å². The van der Waals surface area contributed by atoms with Crippen molar-refractivity contribution in [3.63, 3.8) is 0 Å². The summed E-state index contributed by atoms with van der Waals surface area (Å²) in [5.74, 6) is 0.297. The zero-order valence-corrected chi connectivity index (χ0v) is 11.3. The monoisotopic (exact) mass is 281 g/mol. The normalized spacial score (nSPS) is 20.2. The number of rotatable bonds is 4. The lowest BCUT2D eigenvalue weighted by atomic mass is 10.1. The second-order valence-corrected chi connectivity index (χ2v) is 6.33. The van der Waals surface area contributed by atoms with Gasteiger partial charge in [0.2, 0.25) is 5.91 Å². The first-order valence-electron chi connectivity index (χ1n) is 5.83. The van der Waals surface area contributed by atoms with Crippen LogP contribution in [0.25, 0.3) is 0 Å². The number of amides is 1. The predicted molar refractivity (Wildman–Crippen MR) is 72.7 cm³/mol. The molecule has 102 valence electrons. The first kappa shape index (κ1) is 13.6. The van der Waals surface area contributed by atoms with Gasteiger partial charge in [0.1, 0.15) is 5.75 Å². The van der Waals surface area contributed by atoms with Crippen LogP contribution in [0.2, 0.25) is 0 Å². The zero-order valence-electron chi connectivity index (χ0n) is 10.5. The number of carbonyl (C=O) groups is 1. The molecular formula is C13H15NO4S. The Kier molecular flexibility index (Phi) is 3.90. The Labute approximate surface area is 112 Å². The number of methoxy groups -OCH3 is 1. The van der Waals surface area contributed by atoms with Crippen molar-refractivity contribution in [3.05, 3.63) is 35.7 Å². The number of anilines is 1. The van der Waals surface area contributed by atoms with Gasteiger partial charge in [-0.15, -0.1) is 0 Å². The molecule has 0 aromatic heterocycles. The molecule has 0 saturated heterocycles. The smallest absolute Gasteiger partial charge is 0.224 e. The minimum Gasteiger partial charge on any atom is -0.497 e. The molecule has 1 aliphatic rings. The van der Waals surface area contributed by atoms with Crippen molar-refractivity contribution in [2.75, 3.05) is 18.2 Å². The van der Waals surface area contributed by atoms with Gasteiger partial charge in [-0.25, -0.2) is 8.42 Å². The Hall–Kier alpha value is -1.82. The van der Waals surface area contributed by atoms with Gasteiger partial charge in [0.15, 0.2) is 9.84 Å². The van der Waals surface area contributed by atoms with E-state index >= 15 is 0 Å². The predicted octanol–water partition coefficient (Wildman–Crippen LogP) is 1.58. The maximum absolute atomic E-state index is 11.8. The molecule has 0 saturated carbocycles. The van der Waals surface area contributed by atoms with Crippen molar-refractivity contribution in [1.29, 1.82) is 0 Å². The summed E-state index contributed by atoms with van der Waals surface area (Å²) in [7, 11) is -1.53. The van der Waals surface area contributed by atoms with Gasteiger partial charge in [-0.2, -0.15) is 0 Å². The molecule has 0 fully saturated rings. The van der Waals surface area contributed by atoms with Crippen LogP contribution in [-0.2, 0) is 14.6 Å². The number of ether oxygens (including phenoxy) is 1. The molecule has 0 aliphatic carbocycles. The molecule has 1 atom stereocenters. The van der Waals surface area contributed by atoms with Crippen molar-refractivity contribution in [2.45, 2.75) is 6.42 Å². The van der Waals surface area contributed by atoms with Crippen LogP contribution in [0.5, 0.6) is 5.75 Å². The largest absolute Gasteiger partial charge is 0.497 e. The van der Waals surface area contributed by atoms with Gasteiger partial charge >= 0.3 is 0 Å². The number of carbonyl (C=O) groups excluding carboxylic acids is 1. The minimum absolute atomic E-state index is 0.0169. The fourth-order valence-electron chi connectivity index (χ4n) is 1.89. The van der Waals surface area contributed by atoms with E-state index < -0.39 is 9.84 Å². The van der Waals surface area contributed by atoms with Crippen LogP contribution in [0.3, 0.4) is 0 Å². The third-order valence-electron chi connectivity index (χ3n) is 2.83. The van der Waals surface area contributed by atoms with Crippen molar-refractivity contribution in [2.24, 2.45) is 5.92 Å². The quantitative estimate of drug-likeness (QED) is 0.909. The molecule has 0 unspecified atom stereocenters. The molecule has 1 heterocycles. The van der Waals surface area contributed by atoms with Crippen LogP contribution < -0.4 is 10.1 Å². The van der Waals surface area contributed by atoms with Gasteiger partial charge in [0, 0.05) is 23.4 Å². The molecule has 1 N–H and O–H groups in total. The van der Waals surface area contributed by atoms with E-state index in [1.54, 1.807) is 37.5 Å². The highest BCUT2D eigenvalue weighted by atomic mass is 32.2. The van der Waals surface area contributed by atoms with E-state index in [0.717, 1.165) is 0 Å². The van der Waals surface area contributed by atoms with Crippen molar-refractivity contribution in [3.8, 4) is 5.75 Å². The summed E-state index contributed by atoms with van der Waals surface area (Å²) >= 11 is 0. The number of allylic oxidation sites excluding steroid dienone is 1. The summed E-state index contributed by atoms with van der Waals surface area (Å²) in [5.41, 5.74) is 0.663. The lowest BCUT2D eigenvalue weighted by Gasteiger charge is -2.08. The first-order chi connectivity index (χ1) is 8.98. The minimum atomic E-state index is -3.10. The lowest BCUT2D eigenvalue weighted by molar-refractivity contribution is -0.116. The average molecular weight is 281 g/mol. The van der Waals surface area contributed by atoms with E-state index in [9.17, 15) is 13.2 Å². The van der Waals surface area contributed by atoms with E-state index in [1.165, 1.54) is 5.41 Å². The van der Waals surface area contributed by atoms with E-state index in [2.05, 4.69) is 5.32 Å². The van der Waals surface area contributed by atoms with Gasteiger partial charge < -0.3 is 10.1 Å². The summed E-state index contributed by atoms with van der Waals surface area (Å²) in [6.07, 6.45) is 1.74. The number of benzene rings is 1. The number of nitrogens with one attached hydrogen (secondary N) is 1. The molecule has 0 bridgehead atoms. The third kappa shape index (κ3) is 3.82. The molecule has 6 heteroatoms. The molecule has 1 amide bonds. The van der Waals surface area contributed by atoms with Gasteiger partial charge in [0.05, 0.1) is 12.9 Å². The van der Waals surface area contributed by atoms with Crippen molar-refractivity contribution >= 4 is 21.4 Å². The van der Waals surface area contributed by atoms with Gasteiger partial charge in [0.25, 0.3) is 0 Å². The summed E-state index contributed by atoms with van der Waals surface area (Å²) in [4.78, 5) is 11.8. The van der Waals surface area contributed by atoms with Crippen LogP contribution in [0.15, 0.2) is 35.7 Å². The highest BCUT2D eigenvalue weighted by Crippen LogP contribution is 2.20. The van der Waals surface area contributed by atoms with Crippen LogP contribution in [0, 0.1) is 5.92 Å². The molecule has 0 radical (unpaired) electrons. The highest BCUT2D eigenvalue weighted by Gasteiger charge is 2.23. The van der Waals surface area contributed by atoms with Gasteiger partial charge in [-0.3, -0.25) is 4.79 Å². The van der Waals surface area contributed by atoms with Crippen LogP contribution in [0.1, 0.15) is 6.42 Å². The lowest BCUT2D eigenvalue weighted by Crippen LogP contribution is -2.17. The van der Waals surface area contributed by atoms with E-state index in [-0.39, 0.29) is 24.0 Å². The molecule has 19 heavy (non-hydrogen) atoms. The zero-order chi connectivity index (χ0) is 13.9. The highest BCUT2D eigenvalue weighted by molar-refractivity contribution is 7.94. The Morgan fingerprint density at radius 1 is 1.37 bits per heavy atom. The molecule has 1 aromatic rings. The summed E-state index contributed by atoms with van der Waals surface area (Å²) in [5, 5.41) is 3.90. The van der Waals surface area contributed by atoms with E-state index in [0.29, 0.717) is 11.4 Å². The Morgan fingerprint density at radius 2 is 2.05 bits per heavy atom. The third-order valence-corrected chi connectivity index (χ3v) is 4.29. The van der Waals surface area contributed by atoms with Crippen LogP contribution in [0.4, 0.5) is 5.69 Å². The number of hydrogen-bond donors (Lipinski definition) is 1. The molecule has 5 nitrogen and oxygen atoms in total.